The zero-order chi connectivity index (χ0) is 17.5. The van der Waals surface area contributed by atoms with Crippen molar-refractivity contribution in [3.05, 3.63) is 39.6 Å². The van der Waals surface area contributed by atoms with E-state index in [-0.39, 0.29) is 16.2 Å². The summed E-state index contributed by atoms with van der Waals surface area (Å²) in [4.78, 5) is 11.8. The maximum atomic E-state index is 12.8. The van der Waals surface area contributed by atoms with Crippen molar-refractivity contribution in [1.29, 1.82) is 0 Å². The molecule has 2 N–H and O–H groups in total. The van der Waals surface area contributed by atoms with Gasteiger partial charge >= 0.3 is 6.18 Å². The van der Waals surface area contributed by atoms with E-state index >= 15 is 0 Å². The third kappa shape index (κ3) is 3.65. The molecule has 0 bridgehead atoms. The van der Waals surface area contributed by atoms with E-state index < -0.39 is 11.9 Å². The molecule has 0 spiro atoms. The van der Waals surface area contributed by atoms with Crippen LogP contribution in [0.15, 0.2) is 33.3 Å². The average molecular weight is 435 g/mol. The van der Waals surface area contributed by atoms with Crippen LogP contribution in [0.25, 0.3) is 10.1 Å². The number of halogens is 4. The first-order valence-electron chi connectivity index (χ1n) is 6.65. The fourth-order valence-corrected chi connectivity index (χ4v) is 4.38. The van der Waals surface area contributed by atoms with Crippen molar-refractivity contribution in [3.63, 3.8) is 0 Å². The van der Waals surface area contributed by atoms with Crippen molar-refractivity contribution in [3.8, 4) is 0 Å². The first kappa shape index (κ1) is 17.4. The summed E-state index contributed by atoms with van der Waals surface area (Å²) < 4.78 is 40.5. The van der Waals surface area contributed by atoms with Gasteiger partial charge in [0.1, 0.15) is 5.82 Å². The van der Waals surface area contributed by atoms with Gasteiger partial charge < -0.3 is 5.73 Å². The third-order valence-electron chi connectivity index (χ3n) is 3.15. The molecule has 4 nitrogen and oxygen atoms in total. The first-order chi connectivity index (χ1) is 11.2. The van der Waals surface area contributed by atoms with Crippen LogP contribution in [0, 0.1) is 0 Å². The Bertz CT molecular complexity index is 897. The zero-order valence-electron chi connectivity index (χ0n) is 12.1. The van der Waals surface area contributed by atoms with E-state index in [1.165, 1.54) is 0 Å². The fraction of sp³-hybridized carbons (Fsp3) is 0.214. The van der Waals surface area contributed by atoms with Crippen molar-refractivity contribution in [2.75, 3.05) is 5.73 Å². The van der Waals surface area contributed by atoms with Gasteiger partial charge in [-0.2, -0.15) is 13.2 Å². The maximum Gasteiger partial charge on any atom is 0.433 e. The maximum absolute atomic E-state index is 12.8. The number of thiophene rings is 1. The molecular weight excluding hydrogens is 425 g/mol. The molecule has 24 heavy (non-hydrogen) atoms. The molecule has 0 aromatic carbocycles. The number of pyridine rings is 1. The number of nitrogens with two attached hydrogens (primary N) is 1. The number of hydrogen-bond donors (Lipinski definition) is 1. The lowest BCUT2D eigenvalue weighted by atomic mass is 10.2. The molecule has 3 aromatic heterocycles. The lowest BCUT2D eigenvalue weighted by molar-refractivity contribution is -0.141. The van der Waals surface area contributed by atoms with Crippen LogP contribution in [0.5, 0.6) is 0 Å². The Morgan fingerprint density at radius 1 is 1.29 bits per heavy atom. The van der Waals surface area contributed by atoms with Crippen molar-refractivity contribution >= 4 is 54.9 Å². The van der Waals surface area contributed by atoms with Crippen LogP contribution in [0.1, 0.15) is 23.6 Å². The summed E-state index contributed by atoms with van der Waals surface area (Å²) in [6.07, 6.45) is -2.81. The molecule has 3 rings (SSSR count). The topological polar surface area (TPSA) is 64.7 Å². The number of hydrogen-bond acceptors (Lipinski definition) is 6. The number of aromatic nitrogens is 3. The van der Waals surface area contributed by atoms with Crippen LogP contribution in [0.3, 0.4) is 0 Å². The summed E-state index contributed by atoms with van der Waals surface area (Å²) in [6.45, 7) is 1.83. The second-order valence-electron chi connectivity index (χ2n) is 4.91. The van der Waals surface area contributed by atoms with Crippen molar-refractivity contribution in [2.24, 2.45) is 0 Å². The molecule has 0 aliphatic carbocycles. The van der Waals surface area contributed by atoms with E-state index in [1.54, 1.807) is 17.5 Å². The van der Waals surface area contributed by atoms with Crippen LogP contribution in [-0.4, -0.2) is 15.0 Å². The van der Waals surface area contributed by atoms with Gasteiger partial charge in [-0.05, 0) is 28.9 Å². The van der Waals surface area contributed by atoms with Gasteiger partial charge in [0, 0.05) is 27.5 Å². The summed E-state index contributed by atoms with van der Waals surface area (Å²) >= 11 is 6.11. The smallest absolute Gasteiger partial charge is 0.384 e. The Balaban J connectivity index is 1.89. The Labute approximate surface area is 151 Å². The molecule has 10 heteroatoms. The van der Waals surface area contributed by atoms with Gasteiger partial charge in [0.15, 0.2) is 10.9 Å². The SMILES string of the molecule is CC(Sc1nc(N)cc(C(F)(F)F)n1)c1cc2c(Br)csc2cn1. The van der Waals surface area contributed by atoms with Gasteiger partial charge in [-0.25, -0.2) is 9.97 Å². The molecule has 0 saturated carbocycles. The molecule has 0 aliphatic heterocycles. The van der Waals surface area contributed by atoms with Gasteiger partial charge in [-0.3, -0.25) is 4.98 Å². The van der Waals surface area contributed by atoms with E-state index in [0.717, 1.165) is 38.1 Å². The van der Waals surface area contributed by atoms with Gasteiger partial charge in [-0.1, -0.05) is 11.8 Å². The lowest BCUT2D eigenvalue weighted by Crippen LogP contribution is -2.11. The van der Waals surface area contributed by atoms with Gasteiger partial charge in [0.05, 0.1) is 15.6 Å². The summed E-state index contributed by atoms with van der Waals surface area (Å²) in [7, 11) is 0. The van der Waals surface area contributed by atoms with Crippen LogP contribution in [-0.2, 0) is 6.18 Å². The van der Waals surface area contributed by atoms with Crippen LogP contribution in [0.2, 0.25) is 0 Å². The molecule has 0 saturated heterocycles. The molecule has 1 atom stereocenters. The van der Waals surface area contributed by atoms with Crippen molar-refractivity contribution in [1.82, 2.24) is 15.0 Å². The van der Waals surface area contributed by atoms with Gasteiger partial charge in [0.25, 0.3) is 0 Å². The molecule has 3 aromatic rings. The average Bonchev–Trinajstić information content (AvgIpc) is 2.86. The fourth-order valence-electron chi connectivity index (χ4n) is 2.00. The Morgan fingerprint density at radius 3 is 2.75 bits per heavy atom. The molecule has 0 radical (unpaired) electrons. The number of nitrogens with zero attached hydrogens (tertiary/aromatic N) is 3. The summed E-state index contributed by atoms with van der Waals surface area (Å²) in [5.41, 5.74) is 5.15. The number of alkyl halides is 3. The van der Waals surface area contributed by atoms with E-state index in [1.807, 2.05) is 18.4 Å². The molecule has 0 aliphatic rings. The summed E-state index contributed by atoms with van der Waals surface area (Å²) in [5, 5.41) is 2.72. The van der Waals surface area contributed by atoms with E-state index in [4.69, 9.17) is 5.73 Å². The van der Waals surface area contributed by atoms with E-state index in [0.29, 0.717) is 0 Å². The second kappa shape index (κ2) is 6.49. The Kier molecular flexibility index (Phi) is 4.71. The number of fused-ring (bicyclic) bond motifs is 1. The first-order valence-corrected chi connectivity index (χ1v) is 9.20. The van der Waals surface area contributed by atoms with Gasteiger partial charge in [-0.15, -0.1) is 11.3 Å². The third-order valence-corrected chi connectivity index (χ3v) is 6.03. The molecule has 0 amide bonds. The highest BCUT2D eigenvalue weighted by Crippen LogP contribution is 2.37. The van der Waals surface area contributed by atoms with E-state index in [9.17, 15) is 13.2 Å². The minimum Gasteiger partial charge on any atom is -0.384 e. The zero-order valence-corrected chi connectivity index (χ0v) is 15.4. The molecular formula is C14H10BrF3N4S2. The highest BCUT2D eigenvalue weighted by Gasteiger charge is 2.33. The van der Waals surface area contributed by atoms with Crippen LogP contribution >= 0.6 is 39.0 Å². The minimum absolute atomic E-state index is 0.0268. The predicted molar refractivity (Wildman–Crippen MR) is 93.0 cm³/mol. The van der Waals surface area contributed by atoms with Crippen LogP contribution < -0.4 is 5.73 Å². The van der Waals surface area contributed by atoms with Crippen molar-refractivity contribution in [2.45, 2.75) is 23.5 Å². The summed E-state index contributed by atoms with van der Waals surface area (Å²) in [6, 6.07) is 2.63. The minimum atomic E-state index is -4.56. The molecule has 3 heterocycles. The quantitative estimate of drug-likeness (QED) is 0.447. The number of thioether (sulfide) groups is 1. The number of rotatable bonds is 3. The molecule has 1 unspecified atom stereocenters. The monoisotopic (exact) mass is 434 g/mol. The Morgan fingerprint density at radius 2 is 2.04 bits per heavy atom. The van der Waals surface area contributed by atoms with Gasteiger partial charge in [0.2, 0.25) is 0 Å². The number of nitrogen functional groups attached to an aromatic ring is 1. The standard InChI is InChI=1S/C14H10BrF3N4S2/c1-6(9-2-7-8(15)5-23-10(7)4-20-9)24-13-21-11(14(16,17)18)3-12(19)22-13/h2-6H,1H3,(H2,19,21,22). The highest BCUT2D eigenvalue weighted by atomic mass is 79.9. The largest absolute Gasteiger partial charge is 0.433 e. The number of anilines is 1. The summed E-state index contributed by atoms with van der Waals surface area (Å²) in [5.74, 6) is -0.212. The highest BCUT2D eigenvalue weighted by molar-refractivity contribution is 9.10. The van der Waals surface area contributed by atoms with Crippen molar-refractivity contribution < 1.29 is 13.2 Å². The van der Waals surface area contributed by atoms with E-state index in [2.05, 4.69) is 30.9 Å². The van der Waals surface area contributed by atoms with Crippen LogP contribution in [0.4, 0.5) is 19.0 Å². The lowest BCUT2D eigenvalue weighted by Gasteiger charge is -2.12. The normalized spacial score (nSPS) is 13.4. The molecule has 0 fully saturated rings. The Hall–Kier alpha value is -1.39. The predicted octanol–water partition coefficient (Wildman–Crippen LogP) is 5.30. The second-order valence-corrected chi connectivity index (χ2v) is 7.98. The molecule has 126 valence electrons.